The largest absolute Gasteiger partial charge is 0.497 e. The van der Waals surface area contributed by atoms with Gasteiger partial charge in [0.05, 0.1) is 20.1 Å². The monoisotopic (exact) mass is 580 g/mol. The minimum Gasteiger partial charge on any atom is -0.497 e. The van der Waals surface area contributed by atoms with Crippen molar-refractivity contribution >= 4 is 0 Å². The van der Waals surface area contributed by atoms with E-state index in [1.807, 2.05) is 36.7 Å². The molecule has 0 saturated carbocycles. The molecule has 2 aliphatic heterocycles. The van der Waals surface area contributed by atoms with Crippen LogP contribution in [-0.2, 0) is 18.5 Å². The first-order chi connectivity index (χ1) is 21.7. The Morgan fingerprint density at radius 2 is 1.25 bits per heavy atom. The molecule has 2 atom stereocenters. The van der Waals surface area contributed by atoms with E-state index in [0.29, 0.717) is 13.1 Å². The molecule has 2 bridgehead atoms. The number of ether oxygens (including phenoxy) is 2. The molecule has 0 amide bonds. The van der Waals surface area contributed by atoms with Crippen LogP contribution >= 0.6 is 0 Å². The second-order valence-electron chi connectivity index (χ2n) is 11.7. The molecule has 0 radical (unpaired) electrons. The van der Waals surface area contributed by atoms with Crippen molar-refractivity contribution in [1.82, 2.24) is 19.1 Å². The molecule has 218 valence electrons. The van der Waals surface area contributed by atoms with Crippen LogP contribution in [0.3, 0.4) is 0 Å². The van der Waals surface area contributed by atoms with E-state index in [9.17, 15) is 0 Å². The number of hydrogen-bond acceptors (Lipinski definition) is 4. The van der Waals surface area contributed by atoms with Gasteiger partial charge >= 0.3 is 0 Å². The van der Waals surface area contributed by atoms with Crippen molar-refractivity contribution in [2.24, 2.45) is 0 Å². The molecule has 0 spiro atoms. The molecule has 0 unspecified atom stereocenters. The lowest BCUT2D eigenvalue weighted by Crippen LogP contribution is -2.61. The summed E-state index contributed by atoms with van der Waals surface area (Å²) >= 11 is 0. The molecule has 7 heteroatoms. The van der Waals surface area contributed by atoms with Crippen LogP contribution in [0.15, 0.2) is 122 Å². The first-order valence-corrected chi connectivity index (χ1v) is 15.1. The van der Waals surface area contributed by atoms with Gasteiger partial charge in [-0.15, -0.1) is 0 Å². The Morgan fingerprint density at radius 3 is 1.82 bits per heavy atom. The summed E-state index contributed by atoms with van der Waals surface area (Å²) in [5.74, 6) is 3.81. The summed E-state index contributed by atoms with van der Waals surface area (Å²) in [5, 5.41) is 0. The molecule has 3 aromatic heterocycles. The van der Waals surface area contributed by atoms with Gasteiger partial charge < -0.3 is 18.6 Å². The Labute approximate surface area is 257 Å². The molecular formula is C37H34N5O2+. The number of aromatic nitrogens is 5. The molecule has 0 N–H and O–H groups in total. The average molecular weight is 581 g/mol. The topological polar surface area (TPSA) is 58.0 Å². The highest BCUT2D eigenvalue weighted by atomic mass is 16.5. The molecule has 44 heavy (non-hydrogen) atoms. The van der Waals surface area contributed by atoms with Crippen molar-refractivity contribution in [3.63, 3.8) is 0 Å². The summed E-state index contributed by atoms with van der Waals surface area (Å²) in [5.41, 5.74) is 5.91. The summed E-state index contributed by atoms with van der Waals surface area (Å²) < 4.78 is 18.0. The smallest absolute Gasteiger partial charge is 0.190 e. The summed E-state index contributed by atoms with van der Waals surface area (Å²) in [4.78, 5) is 10.4. The van der Waals surface area contributed by atoms with Crippen LogP contribution in [-0.4, -0.2) is 33.3 Å². The van der Waals surface area contributed by atoms with Crippen molar-refractivity contribution in [2.75, 3.05) is 14.2 Å². The van der Waals surface area contributed by atoms with Gasteiger partial charge in [0.2, 0.25) is 0 Å². The molecule has 9 rings (SSSR count). The molecule has 0 saturated heterocycles. The van der Waals surface area contributed by atoms with Gasteiger partial charge in [0.15, 0.2) is 17.9 Å². The zero-order chi connectivity index (χ0) is 29.7. The van der Waals surface area contributed by atoms with Crippen LogP contribution in [0.4, 0.5) is 0 Å². The Hall–Kier alpha value is -5.17. The Balaban J connectivity index is 1.33. The van der Waals surface area contributed by atoms with Crippen LogP contribution in [0.25, 0.3) is 0 Å². The molecule has 0 fully saturated rings. The van der Waals surface area contributed by atoms with Crippen LogP contribution in [0, 0.1) is 0 Å². The van der Waals surface area contributed by atoms with Crippen LogP contribution in [0.2, 0.25) is 0 Å². The molecule has 3 aliphatic rings. The van der Waals surface area contributed by atoms with Crippen LogP contribution in [0.5, 0.6) is 11.5 Å². The van der Waals surface area contributed by atoms with Crippen molar-refractivity contribution in [1.29, 1.82) is 0 Å². The number of fused-ring (bicyclic) bond motifs is 1. The standard InChI is InChI=1S/C37H34N5O2/c1-43-28-14-10-26(11-15-28)24-40-21-18-38-35(40)37(36-39-19-22-41(36)25-27-12-16-29(44-2)17-13-27)23-33-30-7-3-4-8-31(30)34(37)32-9-5-6-20-42(32)33/h3-22,33-34H,23-25H2,1-2H3/q+1/t33-,34+/m1/s1. The Morgan fingerprint density at radius 1 is 0.705 bits per heavy atom. The van der Waals surface area contributed by atoms with E-state index in [2.05, 4.69) is 99.0 Å². The first kappa shape index (κ1) is 26.5. The van der Waals surface area contributed by atoms with Gasteiger partial charge in [-0.05, 0) is 41.0 Å². The molecule has 5 heterocycles. The Kier molecular flexibility index (Phi) is 6.33. The van der Waals surface area contributed by atoms with Gasteiger partial charge in [-0.25, -0.2) is 9.97 Å². The van der Waals surface area contributed by atoms with E-state index in [0.717, 1.165) is 29.6 Å². The number of methoxy groups -OCH3 is 2. The fourth-order valence-electron chi connectivity index (χ4n) is 7.59. The zero-order valence-electron chi connectivity index (χ0n) is 24.9. The van der Waals surface area contributed by atoms with Crippen molar-refractivity contribution < 1.29 is 14.0 Å². The van der Waals surface area contributed by atoms with Crippen LogP contribution in [0.1, 0.15) is 58.0 Å². The minimum atomic E-state index is -0.508. The number of imidazole rings is 2. The summed E-state index contributed by atoms with van der Waals surface area (Å²) in [6.45, 7) is 1.40. The average Bonchev–Trinajstić information content (AvgIpc) is 3.76. The molecular weight excluding hydrogens is 546 g/mol. The first-order valence-electron chi connectivity index (χ1n) is 15.1. The van der Waals surface area contributed by atoms with Gasteiger partial charge in [0.1, 0.15) is 28.6 Å². The minimum absolute atomic E-state index is 0.0268. The lowest BCUT2D eigenvalue weighted by molar-refractivity contribution is -0.732. The maximum absolute atomic E-state index is 5.42. The normalized spacial score (nSPS) is 17.6. The third-order valence-corrected chi connectivity index (χ3v) is 9.48. The van der Waals surface area contributed by atoms with E-state index in [4.69, 9.17) is 19.4 Å². The fraction of sp³-hybridized carbons (Fsp3) is 0.216. The highest BCUT2D eigenvalue weighted by Crippen LogP contribution is 2.58. The van der Waals surface area contributed by atoms with Gasteiger partial charge in [-0.2, -0.15) is 4.57 Å². The maximum Gasteiger partial charge on any atom is 0.190 e. The summed E-state index contributed by atoms with van der Waals surface area (Å²) in [6.07, 6.45) is 11.2. The number of benzene rings is 3. The second-order valence-corrected chi connectivity index (χ2v) is 11.7. The lowest BCUT2D eigenvalue weighted by Gasteiger charge is -2.48. The van der Waals surface area contributed by atoms with E-state index in [-0.39, 0.29) is 12.0 Å². The van der Waals surface area contributed by atoms with Gasteiger partial charge in [-0.1, -0.05) is 54.6 Å². The van der Waals surface area contributed by atoms with Gasteiger partial charge in [0, 0.05) is 62.0 Å². The third kappa shape index (κ3) is 4.07. The number of hydrogen-bond donors (Lipinski definition) is 0. The van der Waals surface area contributed by atoms with E-state index < -0.39 is 5.41 Å². The second kappa shape index (κ2) is 10.5. The molecule has 1 aliphatic carbocycles. The summed E-state index contributed by atoms with van der Waals surface area (Å²) in [7, 11) is 3.40. The van der Waals surface area contributed by atoms with E-state index in [1.165, 1.54) is 27.9 Å². The van der Waals surface area contributed by atoms with Crippen LogP contribution < -0.4 is 14.0 Å². The predicted molar refractivity (Wildman–Crippen MR) is 167 cm³/mol. The van der Waals surface area contributed by atoms with E-state index >= 15 is 0 Å². The van der Waals surface area contributed by atoms with Gasteiger partial charge in [-0.3, -0.25) is 0 Å². The number of rotatable bonds is 8. The highest BCUT2D eigenvalue weighted by molar-refractivity contribution is 5.51. The molecule has 3 aromatic carbocycles. The zero-order valence-corrected chi connectivity index (χ0v) is 24.9. The number of nitrogens with zero attached hydrogens (tertiary/aromatic N) is 5. The van der Waals surface area contributed by atoms with Crippen molar-refractivity contribution in [3.8, 4) is 11.5 Å². The van der Waals surface area contributed by atoms with Gasteiger partial charge in [0.25, 0.3) is 0 Å². The molecule has 7 nitrogen and oxygen atoms in total. The Bertz CT molecular complexity index is 1800. The SMILES string of the molecule is COc1ccc(Cn2ccnc2C2(c3nccn3Cc3ccc(OC)cc3)C[C@@H]3c4ccccc4[C@H]2c2cccc[n+]23)cc1. The van der Waals surface area contributed by atoms with E-state index in [1.54, 1.807) is 14.2 Å². The lowest BCUT2D eigenvalue weighted by atomic mass is 9.57. The predicted octanol–water partition coefficient (Wildman–Crippen LogP) is 5.91. The fourth-order valence-corrected chi connectivity index (χ4v) is 7.59. The number of pyridine rings is 1. The third-order valence-electron chi connectivity index (χ3n) is 9.48. The van der Waals surface area contributed by atoms with Crippen molar-refractivity contribution in [3.05, 3.63) is 162 Å². The maximum atomic E-state index is 5.42. The summed E-state index contributed by atoms with van der Waals surface area (Å²) in [6, 6.07) is 32.3. The molecule has 6 aromatic rings. The van der Waals surface area contributed by atoms with Crippen molar-refractivity contribution in [2.45, 2.75) is 36.9 Å². The quantitative estimate of drug-likeness (QED) is 0.210. The highest BCUT2D eigenvalue weighted by Gasteiger charge is 2.62.